The van der Waals surface area contributed by atoms with Gasteiger partial charge in [0.1, 0.15) is 0 Å². The number of rotatable bonds is 3. The SMILES string of the molecule is Cc1nccc(-c2ccccc2)c1C(=O)N1CCC[C@@H]1c1ccccc1. The van der Waals surface area contributed by atoms with Crippen molar-refractivity contribution in [1.82, 2.24) is 9.88 Å². The summed E-state index contributed by atoms with van der Waals surface area (Å²) >= 11 is 0. The van der Waals surface area contributed by atoms with Gasteiger partial charge in [0.2, 0.25) is 0 Å². The molecule has 26 heavy (non-hydrogen) atoms. The molecule has 0 aliphatic carbocycles. The van der Waals surface area contributed by atoms with Gasteiger partial charge in [-0.1, -0.05) is 60.7 Å². The van der Waals surface area contributed by atoms with Gasteiger partial charge in [-0.2, -0.15) is 0 Å². The molecule has 1 aromatic heterocycles. The largest absolute Gasteiger partial charge is 0.332 e. The van der Waals surface area contributed by atoms with Gasteiger partial charge in [0.05, 0.1) is 17.3 Å². The molecular weight excluding hydrogens is 320 g/mol. The summed E-state index contributed by atoms with van der Waals surface area (Å²) in [6.07, 6.45) is 3.83. The second kappa shape index (κ2) is 7.12. The van der Waals surface area contributed by atoms with Crippen LogP contribution in [0.25, 0.3) is 11.1 Å². The standard InChI is InChI=1S/C23H22N2O/c1-17-22(20(14-15-24-17)18-9-4-2-5-10-18)23(26)25-16-8-13-21(25)19-11-6-3-7-12-19/h2-7,9-12,14-15,21H,8,13,16H2,1H3/t21-/m1/s1. The minimum absolute atomic E-state index is 0.0841. The topological polar surface area (TPSA) is 33.2 Å². The third kappa shape index (κ3) is 3.01. The van der Waals surface area contributed by atoms with Crippen molar-refractivity contribution in [3.05, 3.63) is 89.7 Å². The third-order valence-electron chi connectivity index (χ3n) is 5.14. The first-order valence-electron chi connectivity index (χ1n) is 9.12. The Morgan fingerprint density at radius 2 is 1.69 bits per heavy atom. The summed E-state index contributed by atoms with van der Waals surface area (Å²) in [6, 6.07) is 22.5. The average molecular weight is 342 g/mol. The highest BCUT2D eigenvalue weighted by molar-refractivity contribution is 6.02. The Balaban J connectivity index is 1.75. The summed E-state index contributed by atoms with van der Waals surface area (Å²) in [5.74, 6) is 0.0841. The van der Waals surface area contributed by atoms with Crippen LogP contribution in [0.15, 0.2) is 72.9 Å². The predicted octanol–water partition coefficient (Wildman–Crippen LogP) is 5.03. The minimum Gasteiger partial charge on any atom is -0.332 e. The lowest BCUT2D eigenvalue weighted by Gasteiger charge is -2.26. The van der Waals surface area contributed by atoms with E-state index in [9.17, 15) is 4.79 Å². The third-order valence-corrected chi connectivity index (χ3v) is 5.14. The zero-order valence-electron chi connectivity index (χ0n) is 14.9. The number of hydrogen-bond donors (Lipinski definition) is 0. The molecule has 3 heteroatoms. The van der Waals surface area contributed by atoms with Crippen molar-refractivity contribution in [3.63, 3.8) is 0 Å². The van der Waals surface area contributed by atoms with E-state index in [0.29, 0.717) is 0 Å². The molecule has 0 bridgehead atoms. The fourth-order valence-corrected chi connectivity index (χ4v) is 3.87. The predicted molar refractivity (Wildman–Crippen MR) is 104 cm³/mol. The summed E-state index contributed by atoms with van der Waals surface area (Å²) in [6.45, 7) is 2.72. The van der Waals surface area contributed by atoms with Gasteiger partial charge in [0, 0.05) is 12.7 Å². The molecule has 3 nitrogen and oxygen atoms in total. The van der Waals surface area contributed by atoms with Crippen LogP contribution in [0.1, 0.15) is 40.5 Å². The summed E-state index contributed by atoms with van der Waals surface area (Å²) in [5.41, 5.74) is 4.73. The number of aromatic nitrogens is 1. The van der Waals surface area contributed by atoms with Crippen LogP contribution in [-0.2, 0) is 0 Å². The molecule has 1 amide bonds. The highest BCUT2D eigenvalue weighted by Crippen LogP contribution is 2.35. The van der Waals surface area contributed by atoms with Gasteiger partial charge in [-0.3, -0.25) is 9.78 Å². The van der Waals surface area contributed by atoms with E-state index in [-0.39, 0.29) is 11.9 Å². The van der Waals surface area contributed by atoms with E-state index in [1.807, 2.05) is 66.4 Å². The second-order valence-electron chi connectivity index (χ2n) is 6.75. The molecule has 0 unspecified atom stereocenters. The van der Waals surface area contributed by atoms with Gasteiger partial charge in [-0.15, -0.1) is 0 Å². The van der Waals surface area contributed by atoms with Crippen LogP contribution in [0, 0.1) is 6.92 Å². The van der Waals surface area contributed by atoms with E-state index in [1.165, 1.54) is 5.56 Å². The monoisotopic (exact) mass is 342 g/mol. The molecular formula is C23H22N2O. The number of aryl methyl sites for hydroxylation is 1. The summed E-state index contributed by atoms with van der Waals surface area (Å²) in [5, 5.41) is 0. The Kier molecular flexibility index (Phi) is 4.53. The molecule has 2 aromatic carbocycles. The van der Waals surface area contributed by atoms with E-state index in [4.69, 9.17) is 0 Å². The zero-order valence-corrected chi connectivity index (χ0v) is 14.9. The van der Waals surface area contributed by atoms with Crippen molar-refractivity contribution in [1.29, 1.82) is 0 Å². The van der Waals surface area contributed by atoms with Gasteiger partial charge in [0.15, 0.2) is 0 Å². The summed E-state index contributed by atoms with van der Waals surface area (Å²) in [4.78, 5) is 20.0. The molecule has 0 N–H and O–H groups in total. The molecule has 1 saturated heterocycles. The Bertz CT molecular complexity index is 906. The van der Waals surface area contributed by atoms with E-state index in [2.05, 4.69) is 17.1 Å². The van der Waals surface area contributed by atoms with Crippen molar-refractivity contribution in [2.24, 2.45) is 0 Å². The first kappa shape index (κ1) is 16.5. The molecule has 1 aliphatic heterocycles. The van der Waals surface area contributed by atoms with Crippen molar-refractivity contribution < 1.29 is 4.79 Å². The zero-order chi connectivity index (χ0) is 17.9. The first-order valence-corrected chi connectivity index (χ1v) is 9.12. The normalized spacial score (nSPS) is 16.7. The number of pyridine rings is 1. The van der Waals surface area contributed by atoms with Crippen molar-refractivity contribution in [3.8, 4) is 11.1 Å². The Morgan fingerprint density at radius 3 is 2.42 bits per heavy atom. The number of hydrogen-bond acceptors (Lipinski definition) is 2. The van der Waals surface area contributed by atoms with Gasteiger partial charge in [-0.05, 0) is 42.5 Å². The van der Waals surface area contributed by atoms with Crippen LogP contribution < -0.4 is 0 Å². The lowest BCUT2D eigenvalue weighted by molar-refractivity contribution is 0.0735. The quantitative estimate of drug-likeness (QED) is 0.668. The molecule has 1 aliphatic rings. The lowest BCUT2D eigenvalue weighted by Crippen LogP contribution is -2.31. The molecule has 0 spiro atoms. The van der Waals surface area contributed by atoms with Crippen LogP contribution >= 0.6 is 0 Å². The Morgan fingerprint density at radius 1 is 1.00 bits per heavy atom. The summed E-state index contributed by atoms with van der Waals surface area (Å²) in [7, 11) is 0. The van der Waals surface area contributed by atoms with Crippen LogP contribution in [0.2, 0.25) is 0 Å². The van der Waals surface area contributed by atoms with Gasteiger partial charge < -0.3 is 4.90 Å². The number of carbonyl (C=O) groups excluding carboxylic acids is 1. The molecule has 0 saturated carbocycles. The van der Waals surface area contributed by atoms with Crippen molar-refractivity contribution in [2.45, 2.75) is 25.8 Å². The van der Waals surface area contributed by atoms with E-state index < -0.39 is 0 Å². The maximum Gasteiger partial charge on any atom is 0.256 e. The van der Waals surface area contributed by atoms with Crippen LogP contribution in [0.3, 0.4) is 0 Å². The summed E-state index contributed by atoms with van der Waals surface area (Å²) < 4.78 is 0. The Hall–Kier alpha value is -2.94. The van der Waals surface area contributed by atoms with E-state index in [0.717, 1.165) is 41.8 Å². The number of benzene rings is 2. The smallest absolute Gasteiger partial charge is 0.256 e. The molecule has 1 fully saturated rings. The maximum atomic E-state index is 13.5. The molecule has 1 atom stereocenters. The van der Waals surface area contributed by atoms with Crippen LogP contribution in [-0.4, -0.2) is 22.3 Å². The highest BCUT2D eigenvalue weighted by atomic mass is 16.2. The van der Waals surface area contributed by atoms with Gasteiger partial charge in [0.25, 0.3) is 5.91 Å². The molecule has 130 valence electrons. The molecule has 3 aromatic rings. The maximum absolute atomic E-state index is 13.5. The van der Waals surface area contributed by atoms with Crippen molar-refractivity contribution in [2.75, 3.05) is 6.54 Å². The van der Waals surface area contributed by atoms with Crippen LogP contribution in [0.4, 0.5) is 0 Å². The van der Waals surface area contributed by atoms with Crippen LogP contribution in [0.5, 0.6) is 0 Å². The number of nitrogens with zero attached hydrogens (tertiary/aromatic N) is 2. The Labute approximate surface area is 154 Å². The molecule has 0 radical (unpaired) electrons. The number of carbonyl (C=O) groups is 1. The lowest BCUT2D eigenvalue weighted by atomic mass is 9.97. The first-order chi connectivity index (χ1) is 12.8. The van der Waals surface area contributed by atoms with Gasteiger partial charge in [-0.25, -0.2) is 0 Å². The highest BCUT2D eigenvalue weighted by Gasteiger charge is 2.32. The van der Waals surface area contributed by atoms with E-state index >= 15 is 0 Å². The minimum atomic E-state index is 0.0841. The number of likely N-dealkylation sites (tertiary alicyclic amines) is 1. The molecule has 2 heterocycles. The fraction of sp³-hybridized carbons (Fsp3) is 0.217. The average Bonchev–Trinajstić information content (AvgIpc) is 3.18. The fourth-order valence-electron chi connectivity index (χ4n) is 3.87. The van der Waals surface area contributed by atoms with Gasteiger partial charge >= 0.3 is 0 Å². The van der Waals surface area contributed by atoms with Crippen molar-refractivity contribution >= 4 is 5.91 Å². The second-order valence-corrected chi connectivity index (χ2v) is 6.75. The number of amides is 1. The molecule has 4 rings (SSSR count). The van der Waals surface area contributed by atoms with E-state index in [1.54, 1.807) is 6.20 Å².